The summed E-state index contributed by atoms with van der Waals surface area (Å²) in [6.45, 7) is 2.91. The summed E-state index contributed by atoms with van der Waals surface area (Å²) in [5.74, 6) is 0.954. The van der Waals surface area contributed by atoms with Gasteiger partial charge in [-0.3, -0.25) is 4.90 Å². The van der Waals surface area contributed by atoms with Crippen molar-refractivity contribution < 1.29 is 4.74 Å². The lowest BCUT2D eigenvalue weighted by Gasteiger charge is -2.33. The van der Waals surface area contributed by atoms with Crippen LogP contribution in [0.5, 0.6) is 5.75 Å². The highest BCUT2D eigenvalue weighted by atomic mass is 79.9. The number of hydrogen-bond acceptors (Lipinski definition) is 2. The summed E-state index contributed by atoms with van der Waals surface area (Å²) < 4.78 is 6.94. The van der Waals surface area contributed by atoms with Crippen molar-refractivity contribution in [2.24, 2.45) is 0 Å². The van der Waals surface area contributed by atoms with Crippen LogP contribution in [0.15, 0.2) is 28.7 Å². The van der Waals surface area contributed by atoms with Gasteiger partial charge in [0, 0.05) is 28.9 Å². The van der Waals surface area contributed by atoms with E-state index in [4.69, 9.17) is 4.74 Å². The lowest BCUT2D eigenvalue weighted by atomic mass is 9.94. The Hall–Kier alpha value is -0.0600. The van der Waals surface area contributed by atoms with Crippen molar-refractivity contribution in [1.29, 1.82) is 0 Å². The Labute approximate surface area is 139 Å². The first-order valence-electron chi connectivity index (χ1n) is 7.48. The van der Waals surface area contributed by atoms with Crippen molar-refractivity contribution in [3.8, 4) is 5.75 Å². The van der Waals surface area contributed by atoms with E-state index in [2.05, 4.69) is 36.8 Å². The van der Waals surface area contributed by atoms with Crippen LogP contribution < -0.4 is 4.74 Å². The van der Waals surface area contributed by atoms with Gasteiger partial charge in [-0.1, -0.05) is 51.1 Å². The fourth-order valence-corrected chi connectivity index (χ4v) is 3.56. The minimum atomic E-state index is 0.759. The highest BCUT2D eigenvalue weighted by Crippen LogP contribution is 2.22. The molecule has 1 aliphatic rings. The van der Waals surface area contributed by atoms with Crippen molar-refractivity contribution in [2.45, 2.75) is 38.1 Å². The van der Waals surface area contributed by atoms with Gasteiger partial charge in [-0.15, -0.1) is 0 Å². The van der Waals surface area contributed by atoms with Crippen molar-refractivity contribution in [2.75, 3.05) is 25.0 Å². The van der Waals surface area contributed by atoms with E-state index in [1.165, 1.54) is 32.1 Å². The first kappa shape index (κ1) is 16.3. The minimum absolute atomic E-state index is 0.759. The smallest absolute Gasteiger partial charge is 0.119 e. The van der Waals surface area contributed by atoms with Crippen molar-refractivity contribution in [3.05, 3.63) is 28.7 Å². The highest BCUT2D eigenvalue weighted by molar-refractivity contribution is 9.10. The normalized spacial score (nSPS) is 16.6. The summed E-state index contributed by atoms with van der Waals surface area (Å²) in [7, 11) is 0. The van der Waals surface area contributed by atoms with Crippen LogP contribution in [-0.4, -0.2) is 36.0 Å². The first-order valence-corrected chi connectivity index (χ1v) is 9.39. The lowest BCUT2D eigenvalue weighted by Crippen LogP contribution is -2.40. The van der Waals surface area contributed by atoms with Crippen LogP contribution in [0.2, 0.25) is 0 Å². The van der Waals surface area contributed by atoms with E-state index in [0.29, 0.717) is 0 Å². The lowest BCUT2D eigenvalue weighted by molar-refractivity contribution is 0.138. The van der Waals surface area contributed by atoms with Gasteiger partial charge in [0.25, 0.3) is 0 Å². The molecule has 0 radical (unpaired) electrons. The van der Waals surface area contributed by atoms with E-state index in [-0.39, 0.29) is 0 Å². The van der Waals surface area contributed by atoms with Crippen molar-refractivity contribution in [1.82, 2.24) is 4.90 Å². The van der Waals surface area contributed by atoms with Crippen LogP contribution in [0, 0.1) is 0 Å². The second-order valence-electron chi connectivity index (χ2n) is 5.32. The van der Waals surface area contributed by atoms with Gasteiger partial charge in [-0.2, -0.15) is 0 Å². The summed E-state index contributed by atoms with van der Waals surface area (Å²) in [5.41, 5.74) is 0. The maximum Gasteiger partial charge on any atom is 0.119 e. The quantitative estimate of drug-likeness (QED) is 0.601. The van der Waals surface area contributed by atoms with E-state index < -0.39 is 0 Å². The summed E-state index contributed by atoms with van der Waals surface area (Å²) in [6.07, 6.45) is 6.89. The fourth-order valence-electron chi connectivity index (χ4n) is 2.84. The summed E-state index contributed by atoms with van der Waals surface area (Å²) >= 11 is 7.01. The molecule has 2 nitrogen and oxygen atoms in total. The molecular weight excluding hydrogens is 382 g/mol. The predicted octanol–water partition coefficient (Wildman–Crippen LogP) is 4.86. The van der Waals surface area contributed by atoms with Crippen LogP contribution in [0.3, 0.4) is 0 Å². The number of nitrogens with zero attached hydrogens (tertiary/aromatic N) is 1. The number of benzene rings is 1. The predicted molar refractivity (Wildman–Crippen MR) is 91.9 cm³/mol. The van der Waals surface area contributed by atoms with Crippen LogP contribution in [0.4, 0.5) is 0 Å². The van der Waals surface area contributed by atoms with E-state index in [9.17, 15) is 0 Å². The third-order valence-electron chi connectivity index (χ3n) is 3.92. The Balaban J connectivity index is 1.77. The van der Waals surface area contributed by atoms with Gasteiger partial charge in [-0.05, 0) is 37.1 Å². The maximum absolute atomic E-state index is 5.85. The summed E-state index contributed by atoms with van der Waals surface area (Å²) in [4.78, 5) is 2.59. The van der Waals surface area contributed by atoms with Gasteiger partial charge in [0.2, 0.25) is 0 Å². The van der Waals surface area contributed by atoms with E-state index in [1.54, 1.807) is 0 Å². The molecule has 20 heavy (non-hydrogen) atoms. The molecule has 0 bridgehead atoms. The second kappa shape index (κ2) is 9.06. The molecule has 4 heteroatoms. The molecule has 0 atom stereocenters. The van der Waals surface area contributed by atoms with Crippen molar-refractivity contribution in [3.63, 3.8) is 0 Å². The Morgan fingerprint density at radius 1 is 1.05 bits per heavy atom. The zero-order chi connectivity index (χ0) is 14.2. The summed E-state index contributed by atoms with van der Waals surface area (Å²) in [6, 6.07) is 8.83. The standard InChI is InChI=1S/C16H23Br2NO/c17-10-11-19(15-4-2-1-3-5-15)12-13-20-16-8-6-14(18)7-9-16/h6-9,15H,1-5,10-13H2. The largest absolute Gasteiger partial charge is 0.492 e. The van der Waals surface area contributed by atoms with E-state index in [0.717, 1.165) is 41.3 Å². The Morgan fingerprint density at radius 2 is 1.75 bits per heavy atom. The summed E-state index contributed by atoms with van der Waals surface area (Å²) in [5, 5.41) is 1.04. The van der Waals surface area contributed by atoms with Crippen LogP contribution in [-0.2, 0) is 0 Å². The van der Waals surface area contributed by atoms with Gasteiger partial charge in [0.05, 0.1) is 0 Å². The van der Waals surface area contributed by atoms with Crippen molar-refractivity contribution >= 4 is 31.9 Å². The molecule has 0 aromatic heterocycles. The molecule has 1 aromatic carbocycles. The Bertz CT molecular complexity index is 377. The minimum Gasteiger partial charge on any atom is -0.492 e. The third kappa shape index (κ3) is 5.38. The third-order valence-corrected chi connectivity index (χ3v) is 4.81. The SMILES string of the molecule is BrCCN(CCOc1ccc(Br)cc1)C1CCCCC1. The molecule has 1 fully saturated rings. The molecule has 0 N–H and O–H groups in total. The Morgan fingerprint density at radius 3 is 2.40 bits per heavy atom. The molecular formula is C16H23Br2NO. The highest BCUT2D eigenvalue weighted by Gasteiger charge is 2.20. The average Bonchev–Trinajstić information content (AvgIpc) is 2.49. The molecule has 0 saturated heterocycles. The molecule has 0 amide bonds. The number of alkyl halides is 1. The van der Waals surface area contributed by atoms with Gasteiger partial charge in [-0.25, -0.2) is 0 Å². The zero-order valence-electron chi connectivity index (χ0n) is 11.9. The van der Waals surface area contributed by atoms with Gasteiger partial charge in [0.15, 0.2) is 0 Å². The van der Waals surface area contributed by atoms with Gasteiger partial charge in [0.1, 0.15) is 12.4 Å². The molecule has 1 aliphatic carbocycles. The molecule has 0 aliphatic heterocycles. The maximum atomic E-state index is 5.85. The molecule has 1 aromatic rings. The number of halogens is 2. The molecule has 0 heterocycles. The molecule has 2 rings (SSSR count). The van der Waals surface area contributed by atoms with E-state index in [1.807, 2.05) is 24.3 Å². The van der Waals surface area contributed by atoms with Crippen LogP contribution >= 0.6 is 31.9 Å². The number of ether oxygens (including phenoxy) is 1. The second-order valence-corrected chi connectivity index (χ2v) is 7.03. The molecule has 1 saturated carbocycles. The average molecular weight is 405 g/mol. The molecule has 0 unspecified atom stereocenters. The first-order chi connectivity index (χ1) is 9.79. The topological polar surface area (TPSA) is 12.5 Å². The molecule has 0 spiro atoms. The number of rotatable bonds is 7. The van der Waals surface area contributed by atoms with E-state index >= 15 is 0 Å². The fraction of sp³-hybridized carbons (Fsp3) is 0.625. The van der Waals surface area contributed by atoms with Crippen LogP contribution in [0.1, 0.15) is 32.1 Å². The van der Waals surface area contributed by atoms with Crippen LogP contribution in [0.25, 0.3) is 0 Å². The Kier molecular flexibility index (Phi) is 7.39. The molecule has 112 valence electrons. The van der Waals surface area contributed by atoms with Gasteiger partial charge >= 0.3 is 0 Å². The monoisotopic (exact) mass is 403 g/mol. The zero-order valence-corrected chi connectivity index (χ0v) is 15.0. The van der Waals surface area contributed by atoms with Gasteiger partial charge < -0.3 is 4.74 Å². The number of hydrogen-bond donors (Lipinski definition) is 0.